The lowest BCUT2D eigenvalue weighted by Gasteiger charge is -2.13. The maximum Gasteiger partial charge on any atom is 0.255 e. The van der Waals surface area contributed by atoms with Crippen molar-refractivity contribution in [3.8, 4) is 16.9 Å². The van der Waals surface area contributed by atoms with Crippen LogP contribution in [-0.4, -0.2) is 50.5 Å². The zero-order valence-electron chi connectivity index (χ0n) is 15.4. The van der Waals surface area contributed by atoms with Gasteiger partial charge in [0.15, 0.2) is 6.61 Å². The first-order valence-electron chi connectivity index (χ1n) is 8.42. The third kappa shape index (κ3) is 5.60. The van der Waals surface area contributed by atoms with E-state index in [2.05, 4.69) is 5.32 Å². The Morgan fingerprint density at radius 2 is 1.81 bits per heavy atom. The number of nitrogens with two attached hydrogens (primary N) is 1. The second-order valence-electron chi connectivity index (χ2n) is 6.39. The summed E-state index contributed by atoms with van der Waals surface area (Å²) >= 11 is 0. The molecule has 6 heteroatoms. The summed E-state index contributed by atoms with van der Waals surface area (Å²) in [6.07, 6.45) is 0. The highest BCUT2D eigenvalue weighted by atomic mass is 16.5. The standard InChI is InChI=1S/C20H25N3O3/c1-14-4-9-18(26-13-19(21)24)17(12-14)15-5-7-16(8-6-15)20(25)22-10-11-23(2)3/h4-9,12H,10-11,13H2,1-3H3,(H2,21,24)(H,22,25). The van der Waals surface area contributed by atoms with Crippen LogP contribution in [0.5, 0.6) is 5.75 Å². The van der Waals surface area contributed by atoms with Gasteiger partial charge >= 0.3 is 0 Å². The normalized spacial score (nSPS) is 10.6. The molecule has 0 aliphatic rings. The minimum atomic E-state index is -0.527. The highest BCUT2D eigenvalue weighted by molar-refractivity contribution is 5.94. The molecule has 138 valence electrons. The summed E-state index contributed by atoms with van der Waals surface area (Å²) in [6.45, 7) is 3.18. The fraction of sp³-hybridized carbons (Fsp3) is 0.300. The van der Waals surface area contributed by atoms with Gasteiger partial charge in [0, 0.05) is 24.2 Å². The summed E-state index contributed by atoms with van der Waals surface area (Å²) in [6, 6.07) is 13.0. The topological polar surface area (TPSA) is 84.7 Å². The Morgan fingerprint density at radius 1 is 1.12 bits per heavy atom. The maximum absolute atomic E-state index is 12.2. The number of rotatable bonds is 8. The quantitative estimate of drug-likeness (QED) is 0.756. The minimum absolute atomic E-state index is 0.104. The molecule has 2 rings (SSSR count). The predicted octanol–water partition coefficient (Wildman–Crippen LogP) is 1.82. The van der Waals surface area contributed by atoms with Gasteiger partial charge in [-0.05, 0) is 50.8 Å². The average Bonchev–Trinajstić information content (AvgIpc) is 2.60. The van der Waals surface area contributed by atoms with Crippen molar-refractivity contribution in [3.05, 3.63) is 53.6 Å². The highest BCUT2D eigenvalue weighted by Gasteiger charge is 2.10. The van der Waals surface area contributed by atoms with Gasteiger partial charge in [0.25, 0.3) is 11.8 Å². The lowest BCUT2D eigenvalue weighted by molar-refractivity contribution is -0.119. The number of aryl methyl sites for hydroxylation is 1. The molecule has 26 heavy (non-hydrogen) atoms. The van der Waals surface area contributed by atoms with E-state index in [4.69, 9.17) is 10.5 Å². The van der Waals surface area contributed by atoms with Crippen LogP contribution in [0.2, 0.25) is 0 Å². The molecule has 0 saturated carbocycles. The van der Waals surface area contributed by atoms with Gasteiger partial charge < -0.3 is 20.7 Å². The minimum Gasteiger partial charge on any atom is -0.483 e. The molecule has 0 radical (unpaired) electrons. The number of hydrogen-bond acceptors (Lipinski definition) is 4. The molecule has 2 aromatic carbocycles. The number of nitrogens with zero attached hydrogens (tertiary/aromatic N) is 1. The molecular formula is C20H25N3O3. The Bertz CT molecular complexity index is 770. The van der Waals surface area contributed by atoms with Crippen LogP contribution in [0.3, 0.4) is 0 Å². The molecule has 3 N–H and O–H groups in total. The first-order valence-corrected chi connectivity index (χ1v) is 8.42. The van der Waals surface area contributed by atoms with Gasteiger partial charge in [-0.3, -0.25) is 9.59 Å². The Morgan fingerprint density at radius 3 is 2.42 bits per heavy atom. The number of ether oxygens (including phenoxy) is 1. The van der Waals surface area contributed by atoms with Gasteiger partial charge in [-0.2, -0.15) is 0 Å². The lowest BCUT2D eigenvalue weighted by Crippen LogP contribution is -2.31. The number of benzene rings is 2. The smallest absolute Gasteiger partial charge is 0.255 e. The van der Waals surface area contributed by atoms with Crippen molar-refractivity contribution in [1.82, 2.24) is 10.2 Å². The van der Waals surface area contributed by atoms with Crippen LogP contribution < -0.4 is 15.8 Å². The molecule has 6 nitrogen and oxygen atoms in total. The molecule has 2 amide bonds. The van der Waals surface area contributed by atoms with Crippen LogP contribution in [0.1, 0.15) is 15.9 Å². The van der Waals surface area contributed by atoms with Crippen molar-refractivity contribution < 1.29 is 14.3 Å². The van der Waals surface area contributed by atoms with E-state index in [1.807, 2.05) is 56.3 Å². The second-order valence-corrected chi connectivity index (χ2v) is 6.39. The number of carbonyl (C=O) groups excluding carboxylic acids is 2. The fourth-order valence-electron chi connectivity index (χ4n) is 2.44. The van der Waals surface area contributed by atoms with Crippen LogP contribution in [-0.2, 0) is 4.79 Å². The molecule has 0 heterocycles. The Balaban J connectivity index is 2.16. The number of carbonyl (C=O) groups is 2. The van der Waals surface area contributed by atoms with E-state index in [0.717, 1.165) is 23.2 Å². The molecule has 0 spiro atoms. The largest absolute Gasteiger partial charge is 0.483 e. The van der Waals surface area contributed by atoms with Crippen LogP contribution in [0.4, 0.5) is 0 Å². The number of hydrogen-bond donors (Lipinski definition) is 2. The van der Waals surface area contributed by atoms with Crippen LogP contribution >= 0.6 is 0 Å². The van der Waals surface area contributed by atoms with E-state index in [1.54, 1.807) is 12.1 Å². The number of amides is 2. The van der Waals surface area contributed by atoms with Crippen molar-refractivity contribution in [1.29, 1.82) is 0 Å². The molecule has 0 aromatic heterocycles. The fourth-order valence-corrected chi connectivity index (χ4v) is 2.44. The van der Waals surface area contributed by atoms with E-state index in [1.165, 1.54) is 0 Å². The van der Waals surface area contributed by atoms with Gasteiger partial charge in [0.05, 0.1) is 0 Å². The van der Waals surface area contributed by atoms with Crippen molar-refractivity contribution >= 4 is 11.8 Å². The second kappa shape index (κ2) is 9.01. The first-order chi connectivity index (χ1) is 12.4. The SMILES string of the molecule is Cc1ccc(OCC(N)=O)c(-c2ccc(C(=O)NCCN(C)C)cc2)c1. The number of nitrogens with one attached hydrogen (secondary N) is 1. The summed E-state index contributed by atoms with van der Waals surface area (Å²) in [5.41, 5.74) is 8.58. The highest BCUT2D eigenvalue weighted by Crippen LogP contribution is 2.31. The van der Waals surface area contributed by atoms with Crippen LogP contribution in [0.15, 0.2) is 42.5 Å². The number of likely N-dealkylation sites (N-methyl/N-ethyl adjacent to an activating group) is 1. The molecule has 0 unspecified atom stereocenters. The molecule has 0 fully saturated rings. The summed E-state index contributed by atoms with van der Waals surface area (Å²) in [5.74, 6) is -0.0494. The Hall–Kier alpha value is -2.86. The Labute approximate surface area is 153 Å². The van der Waals surface area contributed by atoms with Gasteiger partial charge in [-0.15, -0.1) is 0 Å². The summed E-state index contributed by atoms with van der Waals surface area (Å²) in [5, 5.41) is 2.89. The van der Waals surface area contributed by atoms with Gasteiger partial charge in [0.2, 0.25) is 0 Å². The van der Waals surface area contributed by atoms with E-state index < -0.39 is 5.91 Å². The van der Waals surface area contributed by atoms with E-state index in [0.29, 0.717) is 17.9 Å². The number of primary amides is 1. The molecule has 0 atom stereocenters. The molecule has 2 aromatic rings. The molecular weight excluding hydrogens is 330 g/mol. The monoisotopic (exact) mass is 355 g/mol. The summed E-state index contributed by atoms with van der Waals surface area (Å²) in [4.78, 5) is 25.2. The van der Waals surface area contributed by atoms with Crippen molar-refractivity contribution in [3.63, 3.8) is 0 Å². The van der Waals surface area contributed by atoms with Crippen molar-refractivity contribution in [2.45, 2.75) is 6.92 Å². The molecule has 0 bridgehead atoms. The van der Waals surface area contributed by atoms with E-state index in [-0.39, 0.29) is 12.5 Å². The van der Waals surface area contributed by atoms with E-state index >= 15 is 0 Å². The summed E-state index contributed by atoms with van der Waals surface area (Å²) in [7, 11) is 3.92. The van der Waals surface area contributed by atoms with Gasteiger partial charge in [-0.25, -0.2) is 0 Å². The molecule has 0 aliphatic carbocycles. The predicted molar refractivity (Wildman–Crippen MR) is 102 cm³/mol. The van der Waals surface area contributed by atoms with Crippen molar-refractivity contribution in [2.24, 2.45) is 5.73 Å². The average molecular weight is 355 g/mol. The Kier molecular flexibility index (Phi) is 6.74. The van der Waals surface area contributed by atoms with Crippen molar-refractivity contribution in [2.75, 3.05) is 33.8 Å². The van der Waals surface area contributed by atoms with Gasteiger partial charge in [-0.1, -0.05) is 23.8 Å². The van der Waals surface area contributed by atoms with Crippen LogP contribution in [0.25, 0.3) is 11.1 Å². The lowest BCUT2D eigenvalue weighted by atomic mass is 10.0. The van der Waals surface area contributed by atoms with E-state index in [9.17, 15) is 9.59 Å². The third-order valence-corrected chi connectivity index (χ3v) is 3.81. The maximum atomic E-state index is 12.2. The zero-order valence-corrected chi connectivity index (χ0v) is 15.4. The third-order valence-electron chi connectivity index (χ3n) is 3.81. The zero-order chi connectivity index (χ0) is 19.1. The van der Waals surface area contributed by atoms with Crippen LogP contribution in [0, 0.1) is 6.92 Å². The summed E-state index contributed by atoms with van der Waals surface area (Å²) < 4.78 is 5.50. The first kappa shape index (κ1) is 19.5. The molecule has 0 aliphatic heterocycles. The molecule has 0 saturated heterocycles. The van der Waals surface area contributed by atoms with Gasteiger partial charge in [0.1, 0.15) is 5.75 Å².